The first-order valence-corrected chi connectivity index (χ1v) is 9.32. The van der Waals surface area contributed by atoms with Crippen LogP contribution in [0.1, 0.15) is 51.3 Å². The van der Waals surface area contributed by atoms with Crippen molar-refractivity contribution in [2.24, 2.45) is 0 Å². The number of rotatable bonds is 6. The van der Waals surface area contributed by atoms with Gasteiger partial charge in [0.1, 0.15) is 18.4 Å². The van der Waals surface area contributed by atoms with E-state index in [2.05, 4.69) is 6.07 Å². The number of halogens is 1. The molecule has 0 aliphatic carbocycles. The van der Waals surface area contributed by atoms with Gasteiger partial charge in [0.15, 0.2) is 0 Å². The molecule has 5 nitrogen and oxygen atoms in total. The summed E-state index contributed by atoms with van der Waals surface area (Å²) in [6, 6.07) is 11.7. The van der Waals surface area contributed by atoms with Crippen molar-refractivity contribution in [3.63, 3.8) is 0 Å². The number of carbonyl (C=O) groups excluding carboxylic acids is 2. The van der Waals surface area contributed by atoms with E-state index in [-0.39, 0.29) is 5.82 Å². The largest absolute Gasteiger partial charge is 0.305 e. The predicted molar refractivity (Wildman–Crippen MR) is 114 cm³/mol. The summed E-state index contributed by atoms with van der Waals surface area (Å²) >= 11 is 0. The zero-order valence-electron chi connectivity index (χ0n) is 18.1. The highest BCUT2D eigenvalue weighted by Crippen LogP contribution is 2.13. The van der Waals surface area contributed by atoms with Crippen LogP contribution in [-0.4, -0.2) is 50.6 Å². The molecule has 0 atom stereocenters. The van der Waals surface area contributed by atoms with Crippen molar-refractivity contribution < 1.29 is 14.0 Å². The molecule has 29 heavy (non-hydrogen) atoms. The zero-order valence-corrected chi connectivity index (χ0v) is 18.1. The Morgan fingerprint density at radius 1 is 0.931 bits per heavy atom. The summed E-state index contributed by atoms with van der Waals surface area (Å²) in [4.78, 5) is 25.1. The average molecular weight is 400 g/mol. The molecule has 0 radical (unpaired) electrons. The van der Waals surface area contributed by atoms with E-state index in [0.29, 0.717) is 41.6 Å². The molecular formula is C23H30FN3O2. The maximum absolute atomic E-state index is 13.2. The summed E-state index contributed by atoms with van der Waals surface area (Å²) in [6.45, 7) is 5.12. The third-order valence-corrected chi connectivity index (χ3v) is 3.64. The van der Waals surface area contributed by atoms with Crippen molar-refractivity contribution in [3.05, 3.63) is 70.0 Å². The Balaban J connectivity index is 0.000000499. The molecule has 0 N–H and O–H groups in total. The maximum atomic E-state index is 13.2. The van der Waals surface area contributed by atoms with Gasteiger partial charge >= 0.3 is 0 Å². The van der Waals surface area contributed by atoms with Crippen molar-refractivity contribution >= 4 is 12.6 Å². The minimum atomic E-state index is -0.321. The third-order valence-electron chi connectivity index (χ3n) is 3.64. The summed E-state index contributed by atoms with van der Waals surface area (Å²) in [5.74, 6) is -0.321. The number of nitriles is 1. The molecule has 0 aliphatic heterocycles. The van der Waals surface area contributed by atoms with E-state index in [1.165, 1.54) is 12.1 Å². The lowest BCUT2D eigenvalue weighted by molar-refractivity contribution is 0.111. The quantitative estimate of drug-likeness (QED) is 0.683. The highest BCUT2D eigenvalue weighted by atomic mass is 19.1. The first-order chi connectivity index (χ1) is 13.8. The van der Waals surface area contributed by atoms with Crippen molar-refractivity contribution in [1.82, 2.24) is 9.80 Å². The molecule has 0 amide bonds. The zero-order chi connectivity index (χ0) is 22.4. The van der Waals surface area contributed by atoms with Gasteiger partial charge in [-0.25, -0.2) is 4.39 Å². The summed E-state index contributed by atoms with van der Waals surface area (Å²) < 4.78 is 13.2. The second kappa shape index (κ2) is 14.2. The summed E-state index contributed by atoms with van der Waals surface area (Å²) in [5, 5.41) is 8.71. The van der Waals surface area contributed by atoms with Crippen LogP contribution >= 0.6 is 0 Å². The Morgan fingerprint density at radius 2 is 1.52 bits per heavy atom. The second-order valence-corrected chi connectivity index (χ2v) is 6.54. The van der Waals surface area contributed by atoms with Gasteiger partial charge in [-0.3, -0.25) is 9.59 Å². The average Bonchev–Trinajstić information content (AvgIpc) is 2.70. The van der Waals surface area contributed by atoms with E-state index in [0.717, 1.165) is 11.8 Å². The van der Waals surface area contributed by atoms with Crippen LogP contribution in [0.2, 0.25) is 0 Å². The minimum Gasteiger partial charge on any atom is -0.305 e. The molecule has 0 fully saturated rings. The van der Waals surface area contributed by atoms with Gasteiger partial charge in [-0.15, -0.1) is 0 Å². The Kier molecular flexibility index (Phi) is 12.8. The lowest BCUT2D eigenvalue weighted by Crippen LogP contribution is -2.13. The monoisotopic (exact) mass is 399 g/mol. The number of hydrogen-bond acceptors (Lipinski definition) is 5. The van der Waals surface area contributed by atoms with Crippen LogP contribution in [0.3, 0.4) is 0 Å². The Hall–Kier alpha value is -2.88. The highest BCUT2D eigenvalue weighted by Gasteiger charge is 2.08. The Morgan fingerprint density at radius 3 is 2.00 bits per heavy atom. The van der Waals surface area contributed by atoms with Gasteiger partial charge in [-0.2, -0.15) is 5.26 Å². The van der Waals surface area contributed by atoms with Gasteiger partial charge in [-0.1, -0.05) is 32.0 Å². The molecule has 156 valence electrons. The first-order valence-electron chi connectivity index (χ1n) is 9.32. The van der Waals surface area contributed by atoms with Crippen LogP contribution in [0.25, 0.3) is 0 Å². The number of carbonyl (C=O) groups is 2. The summed E-state index contributed by atoms with van der Waals surface area (Å²) in [7, 11) is 7.52. The van der Waals surface area contributed by atoms with Crippen molar-refractivity contribution in [2.75, 3.05) is 28.2 Å². The van der Waals surface area contributed by atoms with E-state index in [1.807, 2.05) is 51.8 Å². The molecule has 2 rings (SSSR count). The molecule has 0 heterocycles. The molecule has 0 saturated heterocycles. The Labute approximate surface area is 173 Å². The van der Waals surface area contributed by atoms with Gasteiger partial charge in [0.25, 0.3) is 0 Å². The molecule has 2 aromatic rings. The molecule has 0 aromatic heterocycles. The maximum Gasteiger partial charge on any atom is 0.150 e. The molecule has 0 bridgehead atoms. The van der Waals surface area contributed by atoms with Gasteiger partial charge in [0.05, 0.1) is 11.6 Å². The van der Waals surface area contributed by atoms with Gasteiger partial charge in [-0.05, 0) is 52.0 Å². The second-order valence-electron chi connectivity index (χ2n) is 6.54. The van der Waals surface area contributed by atoms with Crippen molar-refractivity contribution in [1.29, 1.82) is 5.26 Å². The molecule has 2 aromatic carbocycles. The fourth-order valence-electron chi connectivity index (χ4n) is 2.44. The molecule has 0 unspecified atom stereocenters. The lowest BCUT2D eigenvalue weighted by Gasteiger charge is -2.11. The minimum absolute atomic E-state index is 0.321. The summed E-state index contributed by atoms with van der Waals surface area (Å²) in [6.07, 6.45) is 1.50. The van der Waals surface area contributed by atoms with Crippen LogP contribution < -0.4 is 0 Å². The van der Waals surface area contributed by atoms with E-state index >= 15 is 0 Å². The smallest absolute Gasteiger partial charge is 0.150 e. The molecule has 6 heteroatoms. The lowest BCUT2D eigenvalue weighted by atomic mass is 10.1. The highest BCUT2D eigenvalue weighted by molar-refractivity contribution is 5.78. The summed E-state index contributed by atoms with van der Waals surface area (Å²) in [5.41, 5.74) is 3.02. The molecular weight excluding hydrogens is 369 g/mol. The van der Waals surface area contributed by atoms with Crippen LogP contribution in [-0.2, 0) is 13.1 Å². The standard InChI is InChI=1S/C11H12N2O.C10H12FNO.C2H6/c1-13(2)7-11-5-9(6-12)3-4-10(11)8-14;1-12(2)6-9-8(7-13)4-3-5-10(9)11;1-2/h3-5,8H,7H2,1-2H3;3-5,7H,6H2,1-2H3;1-2H3. The fraction of sp³-hybridized carbons (Fsp3) is 0.348. The fourth-order valence-corrected chi connectivity index (χ4v) is 2.44. The van der Waals surface area contributed by atoms with Gasteiger partial charge < -0.3 is 9.80 Å². The number of nitrogens with zero attached hydrogens (tertiary/aromatic N) is 3. The molecule has 0 spiro atoms. The number of aldehydes is 2. The normalized spacial score (nSPS) is 9.66. The number of benzene rings is 2. The molecule has 0 aliphatic rings. The van der Waals surface area contributed by atoms with Crippen LogP contribution in [0.5, 0.6) is 0 Å². The van der Waals surface area contributed by atoms with Crippen LogP contribution in [0, 0.1) is 17.1 Å². The molecule has 0 saturated carbocycles. The van der Waals surface area contributed by atoms with E-state index in [9.17, 15) is 14.0 Å². The third kappa shape index (κ3) is 9.24. The van der Waals surface area contributed by atoms with Gasteiger partial charge in [0.2, 0.25) is 0 Å². The Bertz CT molecular complexity index is 827. The van der Waals surface area contributed by atoms with Crippen molar-refractivity contribution in [3.8, 4) is 6.07 Å². The predicted octanol–water partition coefficient (Wildman–Crippen LogP) is 4.16. The first kappa shape index (κ1) is 26.1. The van der Waals surface area contributed by atoms with E-state index in [1.54, 1.807) is 24.3 Å². The topological polar surface area (TPSA) is 64.4 Å². The van der Waals surface area contributed by atoms with Crippen LogP contribution in [0.4, 0.5) is 4.39 Å². The van der Waals surface area contributed by atoms with E-state index in [4.69, 9.17) is 5.26 Å². The van der Waals surface area contributed by atoms with E-state index < -0.39 is 0 Å². The van der Waals surface area contributed by atoms with Crippen LogP contribution in [0.15, 0.2) is 36.4 Å². The van der Waals surface area contributed by atoms with Crippen molar-refractivity contribution in [2.45, 2.75) is 26.9 Å². The number of hydrogen-bond donors (Lipinski definition) is 0. The SMILES string of the molecule is CC.CN(C)Cc1c(F)cccc1C=O.CN(C)Cc1cc(C#N)ccc1C=O. The van der Waals surface area contributed by atoms with Gasteiger partial charge in [0, 0.05) is 29.8 Å².